The van der Waals surface area contributed by atoms with Gasteiger partial charge in [0.25, 0.3) is 0 Å². The van der Waals surface area contributed by atoms with Crippen LogP contribution in [0.3, 0.4) is 0 Å². The first-order valence-corrected chi connectivity index (χ1v) is 8.94. The number of hydrogen-bond donors (Lipinski definition) is 0. The molecule has 0 aromatic carbocycles. The van der Waals surface area contributed by atoms with Crippen molar-refractivity contribution in [3.05, 3.63) is 10.1 Å². The van der Waals surface area contributed by atoms with Gasteiger partial charge in [-0.2, -0.15) is 0 Å². The molecule has 1 fully saturated rings. The summed E-state index contributed by atoms with van der Waals surface area (Å²) >= 11 is 37.6. The smallest absolute Gasteiger partial charge is 0.312 e. The molecule has 0 spiro atoms. The van der Waals surface area contributed by atoms with Crippen LogP contribution in [0.4, 0.5) is 0 Å². The van der Waals surface area contributed by atoms with E-state index in [4.69, 9.17) is 78.7 Å². The van der Waals surface area contributed by atoms with Crippen LogP contribution in [0.5, 0.6) is 0 Å². The number of hydrogen-bond acceptors (Lipinski definition) is 3. The lowest BCUT2D eigenvalue weighted by atomic mass is 10.1. The van der Waals surface area contributed by atoms with Gasteiger partial charge in [-0.3, -0.25) is 4.57 Å². The highest BCUT2D eigenvalue weighted by Gasteiger charge is 2.81. The van der Waals surface area contributed by atoms with Crippen molar-refractivity contribution in [1.82, 2.24) is 0 Å². The Morgan fingerprint density at radius 3 is 1.89 bits per heavy atom. The van der Waals surface area contributed by atoms with Crippen LogP contribution >= 0.6 is 77.2 Å². The van der Waals surface area contributed by atoms with Crippen LogP contribution in [0.15, 0.2) is 10.1 Å². The van der Waals surface area contributed by atoms with Crippen LogP contribution < -0.4 is 0 Å². The molecule has 0 unspecified atom stereocenters. The van der Waals surface area contributed by atoms with Gasteiger partial charge in [-0.25, -0.2) is 0 Å². The monoisotopic (exact) mass is 406 g/mol. The average Bonchev–Trinajstić information content (AvgIpc) is 2.60. The van der Waals surface area contributed by atoms with Gasteiger partial charge >= 0.3 is 7.60 Å². The third-order valence-corrected chi connectivity index (χ3v) is 10.4. The third kappa shape index (κ3) is 1.77. The Balaban J connectivity index is 2.66. The summed E-state index contributed by atoms with van der Waals surface area (Å²) in [5.41, 5.74) is -0.904. The molecule has 2 aliphatic carbocycles. The second-order valence-electron chi connectivity index (χ2n) is 4.34. The van der Waals surface area contributed by atoms with Gasteiger partial charge in [0.1, 0.15) is 9.75 Å². The van der Waals surface area contributed by atoms with Crippen molar-refractivity contribution in [2.75, 3.05) is 14.2 Å². The van der Waals surface area contributed by atoms with E-state index >= 15 is 0 Å². The lowest BCUT2D eigenvalue weighted by molar-refractivity contribution is 0.262. The van der Waals surface area contributed by atoms with Gasteiger partial charge in [0, 0.05) is 14.2 Å². The van der Waals surface area contributed by atoms with E-state index in [9.17, 15) is 4.57 Å². The summed E-state index contributed by atoms with van der Waals surface area (Å²) < 4.78 is 20.8. The molecule has 19 heavy (non-hydrogen) atoms. The molecular weight excluding hydrogens is 400 g/mol. The van der Waals surface area contributed by atoms with E-state index < -0.39 is 27.3 Å². The second-order valence-corrected chi connectivity index (χ2v) is 10.1. The van der Waals surface area contributed by atoms with Crippen LogP contribution in [-0.4, -0.2) is 34.0 Å². The van der Waals surface area contributed by atoms with E-state index in [2.05, 4.69) is 0 Å². The largest absolute Gasteiger partial charge is 0.335 e. The molecule has 2 bridgehead atoms. The molecule has 0 heterocycles. The molecule has 0 saturated heterocycles. The van der Waals surface area contributed by atoms with Gasteiger partial charge in [0.15, 0.2) is 4.33 Å². The summed E-state index contributed by atoms with van der Waals surface area (Å²) in [5.74, 6) is 0. The highest BCUT2D eigenvalue weighted by atomic mass is 35.5. The number of fused-ring (bicyclic) bond motifs is 2. The molecule has 3 nitrogen and oxygen atoms in total. The summed E-state index contributed by atoms with van der Waals surface area (Å²) in [5, 5.41) is 0.0345. The SMILES string of the molecule is COP(=O)(OC)[C@@H]1C[C@]2(Cl)C(Cl)=C(Cl)[C@@]1(Cl)C2(Cl)Cl. The lowest BCUT2D eigenvalue weighted by Crippen LogP contribution is -2.45. The number of rotatable bonds is 3. The minimum Gasteiger partial charge on any atom is -0.312 e. The van der Waals surface area contributed by atoms with E-state index in [1.165, 1.54) is 14.2 Å². The van der Waals surface area contributed by atoms with E-state index in [1.54, 1.807) is 0 Å². The molecule has 0 aliphatic heterocycles. The minimum atomic E-state index is -3.59. The molecule has 0 amide bonds. The maximum absolute atomic E-state index is 12.6. The number of alkyl halides is 4. The highest BCUT2D eigenvalue weighted by Crippen LogP contribution is 2.79. The van der Waals surface area contributed by atoms with E-state index in [0.717, 1.165) is 0 Å². The normalized spacial score (nSPS) is 41.2. The first-order chi connectivity index (χ1) is 8.53. The Kier molecular flexibility index (Phi) is 4.30. The summed E-state index contributed by atoms with van der Waals surface area (Å²) in [6.07, 6.45) is 0.0269. The van der Waals surface area contributed by atoms with Crippen LogP contribution in [-0.2, 0) is 13.6 Å². The van der Waals surface area contributed by atoms with Gasteiger partial charge in [-0.15, -0.1) is 23.2 Å². The van der Waals surface area contributed by atoms with E-state index in [0.29, 0.717) is 0 Å². The predicted molar refractivity (Wildman–Crippen MR) is 80.4 cm³/mol. The zero-order chi connectivity index (χ0) is 14.9. The van der Waals surface area contributed by atoms with Crippen LogP contribution in [0.2, 0.25) is 0 Å². The molecule has 110 valence electrons. The molecule has 0 aromatic rings. The summed E-state index contributed by atoms with van der Waals surface area (Å²) in [6, 6.07) is 0. The quantitative estimate of drug-likeness (QED) is 0.482. The van der Waals surface area contributed by atoms with Crippen LogP contribution in [0, 0.1) is 0 Å². The van der Waals surface area contributed by atoms with Crippen molar-refractivity contribution in [3.63, 3.8) is 0 Å². The van der Waals surface area contributed by atoms with Gasteiger partial charge < -0.3 is 9.05 Å². The Hall–Kier alpha value is 1.63. The maximum atomic E-state index is 12.6. The molecule has 2 aliphatic rings. The Labute approximate surface area is 140 Å². The van der Waals surface area contributed by atoms with Gasteiger partial charge in [0.2, 0.25) is 0 Å². The average molecular weight is 409 g/mol. The summed E-state index contributed by atoms with van der Waals surface area (Å²) in [4.78, 5) is -3.05. The molecule has 0 N–H and O–H groups in total. The van der Waals surface area contributed by atoms with Gasteiger partial charge in [-0.05, 0) is 6.42 Å². The van der Waals surface area contributed by atoms with Crippen LogP contribution in [0.1, 0.15) is 6.42 Å². The second kappa shape index (κ2) is 4.81. The Bertz CT molecular complexity index is 500. The number of halogens is 6. The first-order valence-electron chi connectivity index (χ1n) is 5.06. The predicted octanol–water partition coefficient (Wildman–Crippen LogP) is 5.08. The van der Waals surface area contributed by atoms with E-state index in [1.807, 2.05) is 0 Å². The maximum Gasteiger partial charge on any atom is 0.335 e. The summed E-state index contributed by atoms with van der Waals surface area (Å²) in [6.45, 7) is 0. The van der Waals surface area contributed by atoms with Crippen molar-refractivity contribution in [2.24, 2.45) is 0 Å². The Morgan fingerprint density at radius 2 is 1.58 bits per heavy atom. The molecule has 1 saturated carbocycles. The fraction of sp³-hybridized carbons (Fsp3) is 0.778. The van der Waals surface area contributed by atoms with Crippen molar-refractivity contribution < 1.29 is 13.6 Å². The Morgan fingerprint density at radius 1 is 1.11 bits per heavy atom. The van der Waals surface area contributed by atoms with Crippen molar-refractivity contribution in [1.29, 1.82) is 0 Å². The van der Waals surface area contributed by atoms with Crippen molar-refractivity contribution in [2.45, 2.75) is 26.2 Å². The van der Waals surface area contributed by atoms with Crippen molar-refractivity contribution >= 4 is 77.2 Å². The van der Waals surface area contributed by atoms with Crippen LogP contribution in [0.25, 0.3) is 0 Å². The molecule has 0 radical (unpaired) electrons. The van der Waals surface area contributed by atoms with Gasteiger partial charge in [0.05, 0.1) is 15.7 Å². The van der Waals surface area contributed by atoms with Gasteiger partial charge in [-0.1, -0.05) is 46.4 Å². The molecule has 3 atom stereocenters. The fourth-order valence-corrected chi connectivity index (χ4v) is 7.81. The van der Waals surface area contributed by atoms with E-state index in [-0.39, 0.29) is 16.5 Å². The highest BCUT2D eigenvalue weighted by molar-refractivity contribution is 7.55. The minimum absolute atomic E-state index is 0.0265. The summed E-state index contributed by atoms with van der Waals surface area (Å²) in [7, 11) is -1.11. The molecule has 2 rings (SSSR count). The third-order valence-electron chi connectivity index (χ3n) is 3.64. The fourth-order valence-electron chi connectivity index (χ4n) is 2.54. The lowest BCUT2D eigenvalue weighted by Gasteiger charge is -2.35. The van der Waals surface area contributed by atoms with Crippen molar-refractivity contribution in [3.8, 4) is 0 Å². The molecule has 0 aromatic heterocycles. The number of allylic oxidation sites excluding steroid dienone is 2. The topological polar surface area (TPSA) is 35.5 Å². The first kappa shape index (κ1) is 17.0. The zero-order valence-corrected chi connectivity index (χ0v) is 15.2. The standard InChI is InChI=1S/C9H9Cl6O3P/c1-17-19(16,18-2)4-3-7(12)5(10)6(11)8(4,13)9(7,14)15/h4H,3H2,1-2H3/t4-,7+,8-/m1/s1. The zero-order valence-electron chi connectivity index (χ0n) is 9.72. The molecular formula is C9H9Cl6O3P. The molecule has 10 heteroatoms.